The van der Waals surface area contributed by atoms with Crippen molar-refractivity contribution >= 4 is 29.0 Å². The maximum Gasteiger partial charge on any atom is 0.251 e. The van der Waals surface area contributed by atoms with Crippen LogP contribution in [0.1, 0.15) is 63.9 Å². The fraction of sp³-hybridized carbons (Fsp3) is 0.438. The Morgan fingerprint density at radius 1 is 1.00 bits per heavy atom. The van der Waals surface area contributed by atoms with Crippen molar-refractivity contribution < 1.29 is 18.8 Å². The van der Waals surface area contributed by atoms with Crippen molar-refractivity contribution in [2.75, 3.05) is 55.6 Å². The number of para-hydroxylation sites is 1. The van der Waals surface area contributed by atoms with Crippen LogP contribution in [0.15, 0.2) is 53.3 Å². The van der Waals surface area contributed by atoms with E-state index in [0.29, 0.717) is 49.4 Å². The van der Waals surface area contributed by atoms with Crippen LogP contribution in [0.3, 0.4) is 0 Å². The largest absolute Gasteiger partial charge is 0.448 e. The van der Waals surface area contributed by atoms with Gasteiger partial charge in [-0.25, -0.2) is 4.98 Å². The zero-order chi connectivity index (χ0) is 28.8. The number of Topliss-reactive ketones (excluding diaryl/α,β-unsaturated/α-hetero) is 1. The molecule has 0 bridgehead atoms. The molecule has 0 radical (unpaired) electrons. The summed E-state index contributed by atoms with van der Waals surface area (Å²) in [6.45, 7) is 9.35. The van der Waals surface area contributed by atoms with Crippen LogP contribution in [0.5, 0.6) is 0 Å². The van der Waals surface area contributed by atoms with E-state index >= 15 is 0 Å². The number of hydrogen-bond acceptors (Lipinski definition) is 7. The summed E-state index contributed by atoms with van der Waals surface area (Å²) in [6, 6.07) is 14.1. The van der Waals surface area contributed by atoms with Crippen LogP contribution in [0.2, 0.25) is 0 Å². The molecular weight excluding hydrogens is 518 g/mol. The topological polar surface area (TPSA) is 99.0 Å². The van der Waals surface area contributed by atoms with E-state index in [1.807, 2.05) is 30.0 Å². The fourth-order valence-corrected chi connectivity index (χ4v) is 5.80. The second-order valence-corrected chi connectivity index (χ2v) is 10.8. The second kappa shape index (κ2) is 13.0. The number of carbonyl (C=O) groups is 3. The Hall–Kier alpha value is -4.14. The molecule has 2 aliphatic heterocycles. The molecule has 41 heavy (non-hydrogen) atoms. The highest BCUT2D eigenvalue weighted by Gasteiger charge is 2.24. The monoisotopic (exact) mass is 557 g/mol. The van der Waals surface area contributed by atoms with Crippen molar-refractivity contribution in [1.82, 2.24) is 15.2 Å². The van der Waals surface area contributed by atoms with Crippen molar-refractivity contribution in [3.05, 3.63) is 77.0 Å². The minimum Gasteiger partial charge on any atom is -0.448 e. The van der Waals surface area contributed by atoms with Crippen LogP contribution in [0.4, 0.5) is 11.4 Å². The number of carbonyl (C=O) groups excluding carboxylic acids is 3. The van der Waals surface area contributed by atoms with Crippen LogP contribution < -0.4 is 15.1 Å². The first-order chi connectivity index (χ1) is 19.9. The number of piperazine rings is 1. The van der Waals surface area contributed by atoms with Crippen LogP contribution in [-0.2, 0) is 17.6 Å². The standard InChI is InChI=1S/C32H39N5O4/c1-3-29-31(34-22-41-29)28(38)21-25-20-24(32(40)33-13-7-15-37-14-6-10-30(37)39)11-12-27(25)36-18-16-35(17-19-36)26-9-5-4-8-23(26)2/h4-5,8-9,11-12,20,22H,3,6-7,10,13-19,21H2,1-2H3,(H,33,40). The van der Waals surface area contributed by atoms with Crippen LogP contribution in [0, 0.1) is 6.92 Å². The van der Waals surface area contributed by atoms with E-state index in [-0.39, 0.29) is 24.0 Å². The molecule has 2 saturated heterocycles. The number of hydrogen-bond donors (Lipinski definition) is 1. The number of oxazole rings is 1. The first-order valence-corrected chi connectivity index (χ1v) is 14.6. The Bertz CT molecular complexity index is 1390. The smallest absolute Gasteiger partial charge is 0.251 e. The van der Waals surface area contributed by atoms with E-state index in [2.05, 4.69) is 51.3 Å². The van der Waals surface area contributed by atoms with E-state index in [4.69, 9.17) is 4.42 Å². The number of ketones is 1. The lowest BCUT2D eigenvalue weighted by Gasteiger charge is -2.38. The number of anilines is 2. The Balaban J connectivity index is 1.30. The minimum absolute atomic E-state index is 0.122. The third-order valence-electron chi connectivity index (χ3n) is 8.06. The summed E-state index contributed by atoms with van der Waals surface area (Å²) in [7, 11) is 0. The molecule has 9 heteroatoms. The molecule has 2 aliphatic rings. The normalized spacial score (nSPS) is 15.5. The highest BCUT2D eigenvalue weighted by molar-refractivity contribution is 5.99. The summed E-state index contributed by atoms with van der Waals surface area (Å²) in [4.78, 5) is 49.0. The molecule has 2 amide bonds. The van der Waals surface area contributed by atoms with Gasteiger partial charge in [0.05, 0.1) is 0 Å². The summed E-state index contributed by atoms with van der Waals surface area (Å²) in [6.07, 6.45) is 4.27. The molecule has 0 saturated carbocycles. The fourth-order valence-electron chi connectivity index (χ4n) is 5.80. The van der Waals surface area contributed by atoms with E-state index in [9.17, 15) is 14.4 Å². The molecule has 1 N–H and O–H groups in total. The molecular formula is C32H39N5O4. The molecule has 2 aromatic carbocycles. The van der Waals surface area contributed by atoms with Crippen molar-refractivity contribution in [3.63, 3.8) is 0 Å². The predicted octanol–water partition coefficient (Wildman–Crippen LogP) is 4.04. The SMILES string of the molecule is CCc1ocnc1C(=O)Cc1cc(C(=O)NCCCN2CCCC2=O)ccc1N1CCN(c2ccccc2C)CC1. The zero-order valence-corrected chi connectivity index (χ0v) is 24.0. The van der Waals surface area contributed by atoms with Crippen molar-refractivity contribution in [2.45, 2.75) is 46.0 Å². The van der Waals surface area contributed by atoms with Gasteiger partial charge >= 0.3 is 0 Å². The molecule has 3 aromatic rings. The number of amides is 2. The van der Waals surface area contributed by atoms with E-state index in [1.54, 1.807) is 0 Å². The molecule has 3 heterocycles. The second-order valence-electron chi connectivity index (χ2n) is 10.8. The molecule has 9 nitrogen and oxygen atoms in total. The third kappa shape index (κ3) is 6.61. The number of benzene rings is 2. The van der Waals surface area contributed by atoms with Crippen LogP contribution in [0.25, 0.3) is 0 Å². The number of likely N-dealkylation sites (tertiary alicyclic amines) is 1. The molecule has 5 rings (SSSR count). The van der Waals surface area contributed by atoms with Gasteiger partial charge in [0.2, 0.25) is 5.91 Å². The average molecular weight is 558 g/mol. The van der Waals surface area contributed by atoms with Crippen LogP contribution >= 0.6 is 0 Å². The quantitative estimate of drug-likeness (QED) is 0.281. The Labute approximate surface area is 241 Å². The first kappa shape index (κ1) is 28.4. The summed E-state index contributed by atoms with van der Waals surface area (Å²) >= 11 is 0. The lowest BCUT2D eigenvalue weighted by molar-refractivity contribution is -0.127. The van der Waals surface area contributed by atoms with Gasteiger partial charge in [-0.15, -0.1) is 0 Å². The van der Waals surface area contributed by atoms with Gasteiger partial charge in [-0.1, -0.05) is 25.1 Å². The molecule has 1 aromatic heterocycles. The number of rotatable bonds is 11. The minimum atomic E-state index is -0.182. The van der Waals surface area contributed by atoms with Gasteiger partial charge < -0.3 is 24.4 Å². The molecule has 0 spiro atoms. The highest BCUT2D eigenvalue weighted by Crippen LogP contribution is 2.28. The van der Waals surface area contributed by atoms with E-state index < -0.39 is 0 Å². The predicted molar refractivity (Wildman–Crippen MR) is 159 cm³/mol. The first-order valence-electron chi connectivity index (χ1n) is 14.6. The van der Waals surface area contributed by atoms with E-state index in [1.165, 1.54) is 17.6 Å². The Morgan fingerprint density at radius 3 is 2.46 bits per heavy atom. The molecule has 0 unspecified atom stereocenters. The number of nitrogens with zero attached hydrogens (tertiary/aromatic N) is 4. The lowest BCUT2D eigenvalue weighted by Crippen LogP contribution is -2.47. The van der Waals surface area contributed by atoms with Crippen molar-refractivity contribution in [3.8, 4) is 0 Å². The van der Waals surface area contributed by atoms with Crippen molar-refractivity contribution in [1.29, 1.82) is 0 Å². The van der Waals surface area contributed by atoms with Gasteiger partial charge in [0.1, 0.15) is 11.5 Å². The number of nitrogens with one attached hydrogen (secondary N) is 1. The summed E-state index contributed by atoms with van der Waals surface area (Å²) in [5.74, 6) is 0.467. The molecule has 0 atom stereocenters. The summed E-state index contributed by atoms with van der Waals surface area (Å²) in [5, 5.41) is 2.98. The zero-order valence-electron chi connectivity index (χ0n) is 24.0. The maximum atomic E-state index is 13.3. The van der Waals surface area contributed by atoms with Gasteiger partial charge in [-0.3, -0.25) is 14.4 Å². The number of aromatic nitrogens is 1. The van der Waals surface area contributed by atoms with Gasteiger partial charge in [-0.2, -0.15) is 0 Å². The van der Waals surface area contributed by atoms with E-state index in [0.717, 1.165) is 50.4 Å². The van der Waals surface area contributed by atoms with Crippen molar-refractivity contribution in [2.24, 2.45) is 0 Å². The molecule has 2 fully saturated rings. The van der Waals surface area contributed by atoms with Gasteiger partial charge in [0, 0.05) is 82.0 Å². The van der Waals surface area contributed by atoms with Gasteiger partial charge in [0.15, 0.2) is 12.2 Å². The maximum absolute atomic E-state index is 13.3. The molecule has 216 valence electrons. The lowest BCUT2D eigenvalue weighted by atomic mass is 9.99. The average Bonchev–Trinajstić information content (AvgIpc) is 3.64. The third-order valence-corrected chi connectivity index (χ3v) is 8.06. The highest BCUT2D eigenvalue weighted by atomic mass is 16.3. The van der Waals surface area contributed by atoms with Gasteiger partial charge in [-0.05, 0) is 55.2 Å². The number of aryl methyl sites for hydroxylation is 2. The Kier molecular flexibility index (Phi) is 9.01. The summed E-state index contributed by atoms with van der Waals surface area (Å²) < 4.78 is 5.41. The molecule has 0 aliphatic carbocycles. The Morgan fingerprint density at radius 2 is 1.76 bits per heavy atom. The van der Waals surface area contributed by atoms with Gasteiger partial charge in [0.25, 0.3) is 5.91 Å². The summed E-state index contributed by atoms with van der Waals surface area (Å²) in [5.41, 5.74) is 5.15. The van der Waals surface area contributed by atoms with Crippen LogP contribution in [-0.4, -0.2) is 73.3 Å².